The molecule has 1 saturated carbocycles. The van der Waals surface area contributed by atoms with E-state index in [9.17, 15) is 14.9 Å². The Morgan fingerprint density at radius 3 is 2.17 bits per heavy atom. The van der Waals surface area contributed by atoms with Gasteiger partial charge in [-0.05, 0) is 40.2 Å². The molecule has 0 heterocycles. The Kier molecular flexibility index (Phi) is 5.80. The van der Waals surface area contributed by atoms with Crippen LogP contribution in [-0.4, -0.2) is 18.0 Å². The SMILES string of the molecule is COC(=O)/C(Cc1ccc([N+](=O)[O-])cc1)=C1/[C@H](c2ccc(Cl)cc2)[C@@H]1C(C)(C)C. The molecule has 0 N–H and O–H groups in total. The number of nitrogens with zero attached hydrogens (tertiary/aromatic N) is 1. The summed E-state index contributed by atoms with van der Waals surface area (Å²) in [7, 11) is 1.38. The third-order valence-electron chi connectivity index (χ3n) is 5.36. The van der Waals surface area contributed by atoms with E-state index in [1.54, 1.807) is 12.1 Å². The molecule has 0 radical (unpaired) electrons. The number of ether oxygens (including phenoxy) is 1. The monoisotopic (exact) mass is 413 g/mol. The molecule has 0 aromatic heterocycles. The van der Waals surface area contributed by atoms with Crippen molar-refractivity contribution in [2.75, 3.05) is 7.11 Å². The molecule has 5 nitrogen and oxygen atoms in total. The number of nitro benzene ring substituents is 1. The Morgan fingerprint density at radius 2 is 1.69 bits per heavy atom. The summed E-state index contributed by atoms with van der Waals surface area (Å²) in [5.74, 6) is -0.0284. The minimum Gasteiger partial charge on any atom is -0.466 e. The van der Waals surface area contributed by atoms with Crippen molar-refractivity contribution < 1.29 is 14.5 Å². The van der Waals surface area contributed by atoms with Crippen LogP contribution in [0.5, 0.6) is 0 Å². The van der Waals surface area contributed by atoms with Crippen molar-refractivity contribution in [3.63, 3.8) is 0 Å². The summed E-state index contributed by atoms with van der Waals surface area (Å²) in [6.07, 6.45) is 0.372. The van der Waals surface area contributed by atoms with Gasteiger partial charge in [-0.1, -0.05) is 56.6 Å². The Balaban J connectivity index is 2.03. The molecule has 0 spiro atoms. The molecule has 1 aliphatic carbocycles. The van der Waals surface area contributed by atoms with Crippen molar-refractivity contribution in [1.29, 1.82) is 0 Å². The van der Waals surface area contributed by atoms with Crippen LogP contribution in [0.2, 0.25) is 5.02 Å². The van der Waals surface area contributed by atoms with Crippen molar-refractivity contribution in [1.82, 2.24) is 0 Å². The minimum atomic E-state index is -0.434. The molecule has 2 aromatic rings. The van der Waals surface area contributed by atoms with Crippen LogP contribution >= 0.6 is 11.6 Å². The molecule has 1 aliphatic rings. The van der Waals surface area contributed by atoms with Gasteiger partial charge in [0, 0.05) is 35.1 Å². The second kappa shape index (κ2) is 7.99. The van der Waals surface area contributed by atoms with Crippen LogP contribution in [0.25, 0.3) is 0 Å². The Morgan fingerprint density at radius 1 is 1.10 bits per heavy atom. The number of carbonyl (C=O) groups excluding carboxylic acids is 1. The van der Waals surface area contributed by atoms with Gasteiger partial charge in [-0.2, -0.15) is 0 Å². The predicted molar refractivity (Wildman–Crippen MR) is 113 cm³/mol. The van der Waals surface area contributed by atoms with E-state index in [0.29, 0.717) is 17.0 Å². The van der Waals surface area contributed by atoms with E-state index in [1.165, 1.54) is 19.2 Å². The van der Waals surface area contributed by atoms with Crippen LogP contribution in [0, 0.1) is 21.4 Å². The lowest BCUT2D eigenvalue weighted by Crippen LogP contribution is -2.12. The van der Waals surface area contributed by atoms with Gasteiger partial charge in [0.25, 0.3) is 5.69 Å². The van der Waals surface area contributed by atoms with Crippen molar-refractivity contribution in [3.8, 4) is 0 Å². The number of rotatable bonds is 5. The van der Waals surface area contributed by atoms with Gasteiger partial charge in [0.1, 0.15) is 0 Å². The Hall–Kier alpha value is -2.66. The second-order valence-electron chi connectivity index (χ2n) is 8.40. The molecule has 29 heavy (non-hydrogen) atoms. The maximum absolute atomic E-state index is 12.7. The molecular weight excluding hydrogens is 390 g/mol. The molecule has 0 amide bonds. The summed E-state index contributed by atoms with van der Waals surface area (Å²) in [5, 5.41) is 11.6. The fourth-order valence-corrected chi connectivity index (χ4v) is 4.13. The Labute approximate surface area is 175 Å². The average Bonchev–Trinajstić information content (AvgIpc) is 3.42. The Bertz CT molecular complexity index is 956. The van der Waals surface area contributed by atoms with Crippen LogP contribution in [-0.2, 0) is 16.0 Å². The lowest BCUT2D eigenvalue weighted by atomic mass is 9.87. The van der Waals surface area contributed by atoms with Crippen LogP contribution < -0.4 is 0 Å². The zero-order valence-electron chi connectivity index (χ0n) is 16.9. The van der Waals surface area contributed by atoms with E-state index in [-0.39, 0.29) is 28.9 Å². The highest BCUT2D eigenvalue weighted by Gasteiger charge is 2.53. The normalized spacial score (nSPS) is 20.2. The third kappa shape index (κ3) is 4.51. The lowest BCUT2D eigenvalue weighted by molar-refractivity contribution is -0.384. The van der Waals surface area contributed by atoms with Gasteiger partial charge in [0.15, 0.2) is 0 Å². The van der Waals surface area contributed by atoms with Gasteiger partial charge in [-0.3, -0.25) is 10.1 Å². The highest BCUT2D eigenvalue weighted by atomic mass is 35.5. The summed E-state index contributed by atoms with van der Waals surface area (Å²) in [5.41, 5.74) is 3.65. The van der Waals surface area contributed by atoms with Gasteiger partial charge in [-0.15, -0.1) is 0 Å². The highest BCUT2D eigenvalue weighted by Crippen LogP contribution is 2.63. The highest BCUT2D eigenvalue weighted by molar-refractivity contribution is 6.30. The molecule has 2 aromatic carbocycles. The number of carbonyl (C=O) groups is 1. The summed E-state index contributed by atoms with van der Waals surface area (Å²) in [6.45, 7) is 6.48. The smallest absolute Gasteiger partial charge is 0.334 e. The maximum Gasteiger partial charge on any atom is 0.334 e. The number of allylic oxidation sites excluding steroid dienone is 1. The van der Waals surface area contributed by atoms with Gasteiger partial charge in [-0.25, -0.2) is 4.79 Å². The third-order valence-corrected chi connectivity index (χ3v) is 5.62. The fraction of sp³-hybridized carbons (Fsp3) is 0.348. The zero-order valence-corrected chi connectivity index (χ0v) is 17.7. The molecule has 6 heteroatoms. The number of hydrogen-bond donors (Lipinski definition) is 0. The van der Waals surface area contributed by atoms with Gasteiger partial charge >= 0.3 is 5.97 Å². The van der Waals surface area contributed by atoms with Gasteiger partial charge in [0.2, 0.25) is 0 Å². The van der Waals surface area contributed by atoms with E-state index in [2.05, 4.69) is 20.8 Å². The summed E-state index contributed by atoms with van der Waals surface area (Å²) < 4.78 is 5.09. The van der Waals surface area contributed by atoms with Crippen molar-refractivity contribution in [2.24, 2.45) is 11.3 Å². The first-order valence-electron chi connectivity index (χ1n) is 9.43. The summed E-state index contributed by atoms with van der Waals surface area (Å²) in [6, 6.07) is 14.0. The van der Waals surface area contributed by atoms with Crippen molar-refractivity contribution >= 4 is 23.3 Å². The first kappa shape index (κ1) is 21.1. The van der Waals surface area contributed by atoms with Gasteiger partial charge in [0.05, 0.1) is 12.0 Å². The second-order valence-corrected chi connectivity index (χ2v) is 8.84. The summed E-state index contributed by atoms with van der Waals surface area (Å²) >= 11 is 6.04. The number of esters is 1. The molecule has 152 valence electrons. The van der Waals surface area contributed by atoms with E-state index in [1.807, 2.05) is 24.3 Å². The van der Waals surface area contributed by atoms with E-state index >= 15 is 0 Å². The molecular formula is C23H24ClNO4. The number of hydrogen-bond acceptors (Lipinski definition) is 4. The lowest BCUT2D eigenvalue weighted by Gasteiger charge is -2.18. The molecule has 2 atom stereocenters. The average molecular weight is 414 g/mol. The molecule has 3 rings (SSSR count). The number of halogens is 1. The minimum absolute atomic E-state index is 0.0269. The molecule has 0 unspecified atom stereocenters. The molecule has 0 bridgehead atoms. The van der Waals surface area contributed by atoms with E-state index in [4.69, 9.17) is 16.3 Å². The number of methoxy groups -OCH3 is 1. The molecule has 1 fully saturated rings. The summed E-state index contributed by atoms with van der Waals surface area (Å²) in [4.78, 5) is 23.1. The fourth-order valence-electron chi connectivity index (χ4n) is 4.00. The maximum atomic E-state index is 12.7. The largest absolute Gasteiger partial charge is 0.466 e. The van der Waals surface area contributed by atoms with Crippen LogP contribution in [0.3, 0.4) is 0 Å². The first-order valence-corrected chi connectivity index (χ1v) is 9.81. The number of benzene rings is 2. The molecule has 0 saturated heterocycles. The topological polar surface area (TPSA) is 69.4 Å². The number of nitro groups is 1. The predicted octanol–water partition coefficient (Wildman–Crippen LogP) is 5.72. The quantitative estimate of drug-likeness (QED) is 0.272. The van der Waals surface area contributed by atoms with Crippen LogP contribution in [0.1, 0.15) is 37.8 Å². The van der Waals surface area contributed by atoms with E-state index < -0.39 is 4.92 Å². The van der Waals surface area contributed by atoms with Crippen molar-refractivity contribution in [3.05, 3.63) is 85.9 Å². The van der Waals surface area contributed by atoms with Crippen LogP contribution in [0.4, 0.5) is 5.69 Å². The zero-order chi connectivity index (χ0) is 21.3. The first-order chi connectivity index (χ1) is 13.6. The van der Waals surface area contributed by atoms with Crippen LogP contribution in [0.15, 0.2) is 59.7 Å². The van der Waals surface area contributed by atoms with Crippen molar-refractivity contribution in [2.45, 2.75) is 33.1 Å². The van der Waals surface area contributed by atoms with E-state index in [0.717, 1.165) is 16.7 Å². The number of non-ortho nitro benzene ring substituents is 1. The van der Waals surface area contributed by atoms with Gasteiger partial charge < -0.3 is 4.74 Å². The molecule has 0 aliphatic heterocycles. The standard InChI is InChI=1S/C23H24ClNO4/c1-23(2,3)21-19(15-7-9-16(24)10-8-15)20(21)18(22(26)29-4)13-14-5-11-17(12-6-14)25(27)28/h5-12,19,21H,13H2,1-4H3/b20-18-/t19-,21-/m0/s1.